The van der Waals surface area contributed by atoms with Crippen LogP contribution in [-0.2, 0) is 11.3 Å². The number of morpholine rings is 1. The molecule has 0 saturated carbocycles. The van der Waals surface area contributed by atoms with E-state index in [1.54, 1.807) is 0 Å². The molecule has 1 fully saturated rings. The zero-order chi connectivity index (χ0) is 14.8. The normalized spacial score (nSPS) is 22.3. The van der Waals surface area contributed by atoms with E-state index in [1.807, 2.05) is 0 Å². The molecule has 2 rings (SSSR count). The third-order valence-corrected chi connectivity index (χ3v) is 3.59. The van der Waals surface area contributed by atoms with Gasteiger partial charge in [0.25, 0.3) is 0 Å². The van der Waals surface area contributed by atoms with Crippen LogP contribution < -0.4 is 10.2 Å². The molecule has 1 aliphatic rings. The van der Waals surface area contributed by atoms with Gasteiger partial charge in [-0.05, 0) is 38.5 Å². The number of hydrogen-bond donors (Lipinski definition) is 1. The largest absolute Gasteiger partial charge is 0.369 e. The summed E-state index contributed by atoms with van der Waals surface area (Å²) in [6.45, 7) is 13.7. The summed E-state index contributed by atoms with van der Waals surface area (Å²) in [5, 5.41) is 3.45. The number of nitrogens with one attached hydrogen (secondary N) is 1. The van der Waals surface area contributed by atoms with Crippen LogP contribution in [0.1, 0.15) is 40.2 Å². The van der Waals surface area contributed by atoms with Crippen molar-refractivity contribution in [2.24, 2.45) is 0 Å². The van der Waals surface area contributed by atoms with Crippen molar-refractivity contribution in [1.29, 1.82) is 0 Å². The summed E-state index contributed by atoms with van der Waals surface area (Å²) < 4.78 is 5.96. The Hall–Kier alpha value is -1.06. The van der Waals surface area contributed by atoms with E-state index in [-0.39, 0.29) is 11.7 Å². The molecule has 1 unspecified atom stereocenters. The monoisotopic (exact) mass is 276 g/mol. The van der Waals surface area contributed by atoms with Crippen LogP contribution in [0, 0.1) is 0 Å². The SMILES string of the molecule is CC(C)NCc1ccc(N2CC(C)OC(C)(C)C2)cc1. The topological polar surface area (TPSA) is 24.5 Å². The van der Waals surface area contributed by atoms with Crippen LogP contribution in [0.15, 0.2) is 24.3 Å². The second kappa shape index (κ2) is 6.15. The van der Waals surface area contributed by atoms with Crippen molar-refractivity contribution in [3.63, 3.8) is 0 Å². The Morgan fingerprint density at radius 3 is 2.50 bits per heavy atom. The maximum absolute atomic E-state index is 5.96. The summed E-state index contributed by atoms with van der Waals surface area (Å²) >= 11 is 0. The lowest BCUT2D eigenvalue weighted by Gasteiger charge is -2.43. The molecule has 1 aromatic rings. The van der Waals surface area contributed by atoms with Gasteiger partial charge in [-0.25, -0.2) is 0 Å². The van der Waals surface area contributed by atoms with Crippen LogP contribution in [0.25, 0.3) is 0 Å². The highest BCUT2D eigenvalue weighted by Gasteiger charge is 2.31. The van der Waals surface area contributed by atoms with E-state index in [2.05, 4.69) is 69.1 Å². The zero-order valence-corrected chi connectivity index (χ0v) is 13.4. The van der Waals surface area contributed by atoms with Gasteiger partial charge in [-0.15, -0.1) is 0 Å². The number of rotatable bonds is 4. The van der Waals surface area contributed by atoms with Crippen molar-refractivity contribution in [2.45, 2.75) is 58.9 Å². The van der Waals surface area contributed by atoms with Crippen LogP contribution in [0.3, 0.4) is 0 Å². The van der Waals surface area contributed by atoms with E-state index in [0.717, 1.165) is 19.6 Å². The van der Waals surface area contributed by atoms with Gasteiger partial charge in [0.1, 0.15) is 0 Å². The molecule has 0 aliphatic carbocycles. The molecule has 3 nitrogen and oxygen atoms in total. The Kier molecular flexibility index (Phi) is 4.71. The first-order chi connectivity index (χ1) is 9.35. The summed E-state index contributed by atoms with van der Waals surface area (Å²) in [4.78, 5) is 2.42. The van der Waals surface area contributed by atoms with E-state index in [4.69, 9.17) is 4.74 Å². The lowest BCUT2D eigenvalue weighted by atomic mass is 10.0. The first-order valence-corrected chi connectivity index (χ1v) is 7.61. The molecule has 112 valence electrons. The van der Waals surface area contributed by atoms with Gasteiger partial charge in [0.15, 0.2) is 0 Å². The van der Waals surface area contributed by atoms with Crippen molar-refractivity contribution in [3.8, 4) is 0 Å². The minimum Gasteiger partial charge on any atom is -0.369 e. The van der Waals surface area contributed by atoms with E-state index in [0.29, 0.717) is 6.04 Å². The van der Waals surface area contributed by atoms with Gasteiger partial charge >= 0.3 is 0 Å². The molecule has 1 N–H and O–H groups in total. The fraction of sp³-hybridized carbons (Fsp3) is 0.647. The highest BCUT2D eigenvalue weighted by molar-refractivity contribution is 5.48. The lowest BCUT2D eigenvalue weighted by Crippen LogP contribution is -2.52. The number of anilines is 1. The van der Waals surface area contributed by atoms with Gasteiger partial charge in [-0.3, -0.25) is 0 Å². The Labute approximate surface area is 123 Å². The molecule has 0 spiro atoms. The molecule has 1 saturated heterocycles. The molecule has 1 heterocycles. The molecule has 1 aromatic carbocycles. The van der Waals surface area contributed by atoms with Crippen LogP contribution in [0.5, 0.6) is 0 Å². The second-order valence-electron chi connectivity index (χ2n) is 6.77. The van der Waals surface area contributed by atoms with E-state index in [1.165, 1.54) is 11.3 Å². The first kappa shape index (κ1) is 15.3. The minimum absolute atomic E-state index is 0.0739. The van der Waals surface area contributed by atoms with Crippen LogP contribution in [0.4, 0.5) is 5.69 Å². The first-order valence-electron chi connectivity index (χ1n) is 7.61. The molecule has 20 heavy (non-hydrogen) atoms. The summed E-state index contributed by atoms with van der Waals surface area (Å²) in [5.74, 6) is 0. The van der Waals surface area contributed by atoms with Crippen LogP contribution in [0.2, 0.25) is 0 Å². The van der Waals surface area contributed by atoms with Crippen molar-refractivity contribution in [1.82, 2.24) is 5.32 Å². The quantitative estimate of drug-likeness (QED) is 0.914. The van der Waals surface area contributed by atoms with Gasteiger partial charge < -0.3 is 15.0 Å². The summed E-state index contributed by atoms with van der Waals surface area (Å²) in [7, 11) is 0. The van der Waals surface area contributed by atoms with Crippen molar-refractivity contribution >= 4 is 5.69 Å². The molecule has 0 aromatic heterocycles. The molecule has 0 radical (unpaired) electrons. The maximum atomic E-state index is 5.96. The van der Waals surface area contributed by atoms with Gasteiger partial charge in [0, 0.05) is 31.4 Å². The van der Waals surface area contributed by atoms with Crippen LogP contribution >= 0.6 is 0 Å². The lowest BCUT2D eigenvalue weighted by molar-refractivity contribution is -0.0749. The highest BCUT2D eigenvalue weighted by Crippen LogP contribution is 2.26. The summed E-state index contributed by atoms with van der Waals surface area (Å²) in [5.41, 5.74) is 2.56. The van der Waals surface area contributed by atoms with Gasteiger partial charge in [0.05, 0.1) is 11.7 Å². The number of hydrogen-bond acceptors (Lipinski definition) is 3. The third-order valence-electron chi connectivity index (χ3n) is 3.59. The van der Waals surface area contributed by atoms with Crippen molar-refractivity contribution < 1.29 is 4.74 Å². The fourth-order valence-electron chi connectivity index (χ4n) is 2.80. The van der Waals surface area contributed by atoms with Crippen molar-refractivity contribution in [2.75, 3.05) is 18.0 Å². The molecular formula is C17H28N2O. The predicted octanol–water partition coefficient (Wildman–Crippen LogP) is 3.19. The molecule has 1 atom stereocenters. The van der Waals surface area contributed by atoms with Gasteiger partial charge in [-0.1, -0.05) is 26.0 Å². The number of ether oxygens (including phenoxy) is 1. The number of nitrogens with zero attached hydrogens (tertiary/aromatic N) is 1. The molecule has 1 aliphatic heterocycles. The second-order valence-corrected chi connectivity index (χ2v) is 6.77. The summed E-state index contributed by atoms with van der Waals surface area (Å²) in [6, 6.07) is 9.42. The predicted molar refractivity (Wildman–Crippen MR) is 85.3 cm³/mol. The van der Waals surface area contributed by atoms with Gasteiger partial charge in [0.2, 0.25) is 0 Å². The average Bonchev–Trinajstić information content (AvgIpc) is 2.34. The van der Waals surface area contributed by atoms with Crippen LogP contribution in [-0.4, -0.2) is 30.8 Å². The fourth-order valence-corrected chi connectivity index (χ4v) is 2.80. The Morgan fingerprint density at radius 1 is 1.30 bits per heavy atom. The number of benzene rings is 1. The Balaban J connectivity index is 2.02. The van der Waals surface area contributed by atoms with E-state index < -0.39 is 0 Å². The van der Waals surface area contributed by atoms with Gasteiger partial charge in [-0.2, -0.15) is 0 Å². The zero-order valence-electron chi connectivity index (χ0n) is 13.4. The molecule has 3 heteroatoms. The summed E-state index contributed by atoms with van der Waals surface area (Å²) in [6.07, 6.45) is 0.279. The third kappa shape index (κ3) is 4.22. The van der Waals surface area contributed by atoms with E-state index >= 15 is 0 Å². The standard InChI is InChI=1S/C17H28N2O/c1-13(2)18-10-15-6-8-16(9-7-15)19-11-14(3)20-17(4,5)12-19/h6-9,13-14,18H,10-12H2,1-5H3. The molecule has 0 amide bonds. The average molecular weight is 276 g/mol. The van der Waals surface area contributed by atoms with Crippen molar-refractivity contribution in [3.05, 3.63) is 29.8 Å². The molecule has 0 bridgehead atoms. The van der Waals surface area contributed by atoms with E-state index in [9.17, 15) is 0 Å². The smallest absolute Gasteiger partial charge is 0.0805 e. The molecular weight excluding hydrogens is 248 g/mol. The maximum Gasteiger partial charge on any atom is 0.0805 e. The minimum atomic E-state index is -0.0739. The Morgan fingerprint density at radius 2 is 1.95 bits per heavy atom. The Bertz CT molecular complexity index is 425. The highest BCUT2D eigenvalue weighted by atomic mass is 16.5.